The molecule has 0 aliphatic heterocycles. The maximum atomic E-state index is 10.2. The maximum absolute atomic E-state index is 10.2. The molecule has 2 atom stereocenters. The summed E-state index contributed by atoms with van der Waals surface area (Å²) in [5, 5.41) is 13.3. The molecule has 2 unspecified atom stereocenters. The minimum Gasteiger partial charge on any atom is -0.391 e. The quantitative estimate of drug-likeness (QED) is 0.864. The lowest BCUT2D eigenvalue weighted by atomic mass is 9.91. The second-order valence-electron chi connectivity index (χ2n) is 5.56. The van der Waals surface area contributed by atoms with Crippen LogP contribution in [0.1, 0.15) is 44.9 Å². The Morgan fingerprint density at radius 3 is 2.75 bits per heavy atom. The zero-order chi connectivity index (χ0) is 14.5. The van der Waals surface area contributed by atoms with E-state index in [-0.39, 0.29) is 12.1 Å². The monoisotopic (exact) mass is 278 g/mol. The van der Waals surface area contributed by atoms with Gasteiger partial charge in [-0.2, -0.15) is 0 Å². The van der Waals surface area contributed by atoms with Crippen LogP contribution in [0.3, 0.4) is 0 Å². The van der Waals surface area contributed by atoms with Gasteiger partial charge in [0.1, 0.15) is 17.5 Å². The summed E-state index contributed by atoms with van der Waals surface area (Å²) in [4.78, 5) is 11.2. The molecule has 1 saturated carbocycles. The van der Waals surface area contributed by atoms with Crippen LogP contribution in [0.5, 0.6) is 0 Å². The number of aryl methyl sites for hydroxylation is 1. The predicted octanol–water partition coefficient (Wildman–Crippen LogP) is 2.21. The van der Waals surface area contributed by atoms with Crippen molar-refractivity contribution in [1.29, 1.82) is 0 Å². The second kappa shape index (κ2) is 6.88. The fourth-order valence-corrected chi connectivity index (χ4v) is 2.84. The van der Waals surface area contributed by atoms with E-state index in [4.69, 9.17) is 0 Å². The van der Waals surface area contributed by atoms with Gasteiger partial charge < -0.3 is 15.3 Å². The molecule has 1 fully saturated rings. The van der Waals surface area contributed by atoms with Crippen molar-refractivity contribution in [3.8, 4) is 0 Å². The van der Waals surface area contributed by atoms with Crippen molar-refractivity contribution in [1.82, 2.24) is 9.97 Å². The molecule has 0 spiro atoms. The summed E-state index contributed by atoms with van der Waals surface area (Å²) >= 11 is 0. The van der Waals surface area contributed by atoms with Crippen molar-refractivity contribution < 1.29 is 5.11 Å². The number of anilines is 2. The molecule has 2 rings (SSSR count). The number of nitrogens with one attached hydrogen (secondary N) is 1. The minimum atomic E-state index is -0.253. The van der Waals surface area contributed by atoms with Gasteiger partial charge in [0.25, 0.3) is 0 Å². The average Bonchev–Trinajstić information content (AvgIpc) is 2.47. The Labute approximate surface area is 121 Å². The van der Waals surface area contributed by atoms with E-state index in [1.54, 1.807) is 0 Å². The van der Waals surface area contributed by atoms with E-state index in [2.05, 4.69) is 27.1 Å². The smallest absolute Gasteiger partial charge is 0.134 e. The van der Waals surface area contributed by atoms with Gasteiger partial charge in [-0.15, -0.1) is 0 Å². The molecule has 5 nitrogen and oxygen atoms in total. The third-order valence-electron chi connectivity index (χ3n) is 4.04. The lowest BCUT2D eigenvalue weighted by Gasteiger charge is -2.36. The van der Waals surface area contributed by atoms with Crippen molar-refractivity contribution in [2.75, 3.05) is 24.3 Å². The second-order valence-corrected chi connectivity index (χ2v) is 5.56. The Bertz CT molecular complexity index is 438. The first kappa shape index (κ1) is 15.0. The third kappa shape index (κ3) is 3.39. The average molecular weight is 278 g/mol. The van der Waals surface area contributed by atoms with Gasteiger partial charge in [-0.3, -0.25) is 0 Å². The van der Waals surface area contributed by atoms with Crippen LogP contribution in [-0.2, 0) is 6.42 Å². The normalized spacial score (nSPS) is 22.6. The van der Waals surface area contributed by atoms with E-state index in [0.717, 1.165) is 49.6 Å². The molecule has 1 heterocycles. The molecule has 0 amide bonds. The fourth-order valence-electron chi connectivity index (χ4n) is 2.84. The van der Waals surface area contributed by atoms with Gasteiger partial charge in [-0.25, -0.2) is 9.97 Å². The van der Waals surface area contributed by atoms with Crippen LogP contribution in [-0.4, -0.2) is 41.3 Å². The molecule has 2 N–H and O–H groups in total. The van der Waals surface area contributed by atoms with Gasteiger partial charge in [-0.05, 0) is 19.3 Å². The number of rotatable bonds is 5. The molecule has 112 valence electrons. The summed E-state index contributed by atoms with van der Waals surface area (Å²) < 4.78 is 0. The largest absolute Gasteiger partial charge is 0.391 e. The summed E-state index contributed by atoms with van der Waals surface area (Å²) in [6.45, 7) is 2.13. The summed E-state index contributed by atoms with van der Waals surface area (Å²) in [7, 11) is 3.90. The number of nitrogens with zero attached hydrogens (tertiary/aromatic N) is 3. The van der Waals surface area contributed by atoms with Crippen molar-refractivity contribution in [3.05, 3.63) is 11.9 Å². The zero-order valence-corrected chi connectivity index (χ0v) is 12.8. The van der Waals surface area contributed by atoms with Gasteiger partial charge in [0, 0.05) is 26.6 Å². The highest BCUT2D eigenvalue weighted by molar-refractivity contribution is 5.49. The first-order chi connectivity index (χ1) is 9.65. The Morgan fingerprint density at radius 1 is 1.35 bits per heavy atom. The molecular weight excluding hydrogens is 252 g/mol. The van der Waals surface area contributed by atoms with Gasteiger partial charge in [0.05, 0.1) is 12.1 Å². The van der Waals surface area contributed by atoms with E-state index >= 15 is 0 Å². The van der Waals surface area contributed by atoms with Crippen LogP contribution < -0.4 is 10.2 Å². The van der Waals surface area contributed by atoms with Gasteiger partial charge in [-0.1, -0.05) is 19.8 Å². The fraction of sp³-hybridized carbons (Fsp3) is 0.733. The number of aliphatic hydroxyl groups excluding tert-OH is 1. The molecule has 1 aromatic heterocycles. The van der Waals surface area contributed by atoms with E-state index in [1.807, 2.05) is 20.2 Å². The Kier molecular flexibility index (Phi) is 5.17. The highest BCUT2D eigenvalue weighted by atomic mass is 16.3. The lowest BCUT2D eigenvalue weighted by molar-refractivity contribution is 0.106. The predicted molar refractivity (Wildman–Crippen MR) is 82.2 cm³/mol. The molecule has 0 saturated heterocycles. The van der Waals surface area contributed by atoms with Crippen molar-refractivity contribution in [2.24, 2.45) is 0 Å². The van der Waals surface area contributed by atoms with E-state index in [0.29, 0.717) is 0 Å². The number of hydrogen-bond donors (Lipinski definition) is 2. The van der Waals surface area contributed by atoms with E-state index in [1.165, 1.54) is 6.42 Å². The molecule has 1 aliphatic carbocycles. The SMILES string of the molecule is CCCc1nc(NC)cc(N(C)C2CCCCC2O)n1. The van der Waals surface area contributed by atoms with Gasteiger partial charge >= 0.3 is 0 Å². The third-order valence-corrected chi connectivity index (χ3v) is 4.04. The highest BCUT2D eigenvalue weighted by Crippen LogP contribution is 2.26. The number of aromatic nitrogens is 2. The van der Waals surface area contributed by atoms with E-state index < -0.39 is 0 Å². The summed E-state index contributed by atoms with van der Waals surface area (Å²) in [6.07, 6.45) is 5.87. The van der Waals surface area contributed by atoms with Crippen LogP contribution >= 0.6 is 0 Å². The Hall–Kier alpha value is -1.36. The Morgan fingerprint density at radius 2 is 2.10 bits per heavy atom. The highest BCUT2D eigenvalue weighted by Gasteiger charge is 2.27. The number of likely N-dealkylation sites (N-methyl/N-ethyl adjacent to an activating group) is 1. The first-order valence-corrected chi connectivity index (χ1v) is 7.62. The van der Waals surface area contributed by atoms with Crippen LogP contribution in [0.25, 0.3) is 0 Å². The Balaban J connectivity index is 2.23. The van der Waals surface area contributed by atoms with Crippen LogP contribution in [0.4, 0.5) is 11.6 Å². The molecule has 0 bridgehead atoms. The molecule has 20 heavy (non-hydrogen) atoms. The van der Waals surface area contributed by atoms with E-state index in [9.17, 15) is 5.11 Å². The maximum Gasteiger partial charge on any atom is 0.134 e. The molecule has 1 aromatic rings. The lowest BCUT2D eigenvalue weighted by Crippen LogP contribution is -2.44. The standard InChI is InChI=1S/C15H26N4O/c1-4-7-13-17-14(16-2)10-15(18-13)19(3)11-8-5-6-9-12(11)20/h10-12,20H,4-9H2,1-3H3,(H,16,17,18). The van der Waals surface area contributed by atoms with Crippen LogP contribution in [0.2, 0.25) is 0 Å². The number of hydrogen-bond acceptors (Lipinski definition) is 5. The van der Waals surface area contributed by atoms with Crippen molar-refractivity contribution in [3.63, 3.8) is 0 Å². The minimum absolute atomic E-state index is 0.165. The van der Waals surface area contributed by atoms with Gasteiger partial charge in [0.2, 0.25) is 0 Å². The molecule has 0 aromatic carbocycles. The summed E-state index contributed by atoms with van der Waals surface area (Å²) in [6, 6.07) is 2.12. The van der Waals surface area contributed by atoms with Crippen molar-refractivity contribution >= 4 is 11.6 Å². The topological polar surface area (TPSA) is 61.3 Å². The van der Waals surface area contributed by atoms with Crippen molar-refractivity contribution in [2.45, 2.75) is 57.6 Å². The number of aliphatic hydroxyl groups is 1. The molecule has 1 aliphatic rings. The molecular formula is C15H26N4O. The zero-order valence-electron chi connectivity index (χ0n) is 12.8. The molecule has 0 radical (unpaired) electrons. The van der Waals surface area contributed by atoms with Crippen LogP contribution in [0.15, 0.2) is 6.07 Å². The summed E-state index contributed by atoms with van der Waals surface area (Å²) in [5.74, 6) is 2.61. The first-order valence-electron chi connectivity index (χ1n) is 7.62. The summed E-state index contributed by atoms with van der Waals surface area (Å²) in [5.41, 5.74) is 0. The molecule has 5 heteroatoms. The van der Waals surface area contributed by atoms with Gasteiger partial charge in [0.15, 0.2) is 0 Å². The van der Waals surface area contributed by atoms with Crippen LogP contribution in [0, 0.1) is 0 Å².